The molecule has 8 heteroatoms. The van der Waals surface area contributed by atoms with Crippen molar-refractivity contribution in [2.75, 3.05) is 17.3 Å². The molecule has 0 aromatic heterocycles. The van der Waals surface area contributed by atoms with Crippen molar-refractivity contribution in [2.24, 2.45) is 5.73 Å². The molecule has 1 aliphatic heterocycles. The fourth-order valence-corrected chi connectivity index (χ4v) is 3.29. The number of rotatable bonds is 7. The maximum absolute atomic E-state index is 12.5. The number of carbonyl (C=O) groups excluding carboxylic acids is 2. The summed E-state index contributed by atoms with van der Waals surface area (Å²) >= 11 is 1.09. The van der Waals surface area contributed by atoms with E-state index in [1.54, 1.807) is 24.3 Å². The van der Waals surface area contributed by atoms with Crippen LogP contribution in [0.25, 0.3) is 0 Å². The molecule has 124 valence electrons. The van der Waals surface area contributed by atoms with Gasteiger partial charge in [0.2, 0.25) is 11.8 Å². The van der Waals surface area contributed by atoms with E-state index in [1.165, 1.54) is 0 Å². The van der Waals surface area contributed by atoms with Gasteiger partial charge in [-0.25, -0.2) is 4.90 Å². The number of hydrogen-bond donors (Lipinski definition) is 2. The van der Waals surface area contributed by atoms with Gasteiger partial charge in [-0.3, -0.25) is 14.4 Å². The van der Waals surface area contributed by atoms with Gasteiger partial charge in [0.25, 0.3) is 0 Å². The van der Waals surface area contributed by atoms with Crippen LogP contribution in [0.5, 0.6) is 5.75 Å². The van der Waals surface area contributed by atoms with Crippen LogP contribution in [0.3, 0.4) is 0 Å². The first kappa shape index (κ1) is 17.3. The van der Waals surface area contributed by atoms with Crippen molar-refractivity contribution in [1.82, 2.24) is 0 Å². The molecular formula is C15H18N2O5S. The average Bonchev–Trinajstić information content (AvgIpc) is 2.80. The predicted octanol–water partition coefficient (Wildman–Crippen LogP) is 0.862. The number of nitrogens with two attached hydrogens (primary N) is 1. The fourth-order valence-electron chi connectivity index (χ4n) is 2.20. The molecule has 0 saturated carbocycles. The summed E-state index contributed by atoms with van der Waals surface area (Å²) in [5.41, 5.74) is 5.85. The highest BCUT2D eigenvalue weighted by Crippen LogP contribution is 2.35. The Kier molecular flexibility index (Phi) is 5.62. The van der Waals surface area contributed by atoms with Crippen molar-refractivity contribution in [3.8, 4) is 5.75 Å². The lowest BCUT2D eigenvalue weighted by Gasteiger charge is -2.18. The van der Waals surface area contributed by atoms with E-state index in [4.69, 9.17) is 15.6 Å². The Bertz CT molecular complexity index is 622. The lowest BCUT2D eigenvalue weighted by Crippen LogP contribution is -2.35. The number of nitrogens with zero attached hydrogens (tertiary/aromatic N) is 1. The summed E-state index contributed by atoms with van der Waals surface area (Å²) in [6.45, 7) is 2.23. The topological polar surface area (TPSA) is 110 Å². The number of aliphatic carboxylic acids is 1. The lowest BCUT2D eigenvalue weighted by molar-refractivity contribution is -0.138. The van der Waals surface area contributed by atoms with Gasteiger partial charge in [0.05, 0.1) is 17.5 Å². The molecule has 0 bridgehead atoms. The summed E-state index contributed by atoms with van der Waals surface area (Å²) in [6, 6.07) is 5.76. The van der Waals surface area contributed by atoms with E-state index >= 15 is 0 Å². The van der Waals surface area contributed by atoms with E-state index in [2.05, 4.69) is 0 Å². The van der Waals surface area contributed by atoms with Crippen LogP contribution in [0, 0.1) is 0 Å². The third-order valence-electron chi connectivity index (χ3n) is 3.31. The first-order valence-electron chi connectivity index (χ1n) is 7.14. The Hall–Kier alpha value is -2.06. The van der Waals surface area contributed by atoms with Crippen LogP contribution in [0.1, 0.15) is 13.3 Å². The molecule has 2 atom stereocenters. The third-order valence-corrected chi connectivity index (χ3v) is 4.63. The number of amides is 2. The number of hydrogen-bond acceptors (Lipinski definition) is 6. The second kappa shape index (κ2) is 7.47. The molecule has 0 spiro atoms. The highest BCUT2D eigenvalue weighted by atomic mass is 32.2. The van der Waals surface area contributed by atoms with Gasteiger partial charge in [-0.1, -0.05) is 12.1 Å². The minimum Gasteiger partial charge on any atom is -0.492 e. The van der Waals surface area contributed by atoms with Crippen molar-refractivity contribution in [3.63, 3.8) is 0 Å². The first-order valence-corrected chi connectivity index (χ1v) is 8.19. The number of para-hydroxylation sites is 2. The summed E-state index contributed by atoms with van der Waals surface area (Å²) in [5, 5.41) is 8.16. The molecule has 7 nitrogen and oxygen atoms in total. The number of imide groups is 1. The molecule has 3 N–H and O–H groups in total. The molecule has 1 heterocycles. The molecule has 0 unspecified atom stereocenters. The molecule has 2 amide bonds. The van der Waals surface area contributed by atoms with Gasteiger partial charge in [0.1, 0.15) is 11.8 Å². The van der Waals surface area contributed by atoms with E-state index in [0.717, 1.165) is 16.7 Å². The van der Waals surface area contributed by atoms with E-state index in [0.29, 0.717) is 18.0 Å². The zero-order valence-electron chi connectivity index (χ0n) is 12.6. The second-order valence-electron chi connectivity index (χ2n) is 4.94. The van der Waals surface area contributed by atoms with E-state index in [-0.39, 0.29) is 24.0 Å². The Morgan fingerprint density at radius 2 is 2.17 bits per heavy atom. The van der Waals surface area contributed by atoms with Crippen LogP contribution in [0.4, 0.5) is 5.69 Å². The molecular weight excluding hydrogens is 320 g/mol. The largest absolute Gasteiger partial charge is 0.492 e. The van der Waals surface area contributed by atoms with Crippen LogP contribution in [-0.2, 0) is 14.4 Å². The minimum atomic E-state index is -1.13. The van der Waals surface area contributed by atoms with E-state index in [1.807, 2.05) is 6.92 Å². The first-order chi connectivity index (χ1) is 11.0. The Labute approximate surface area is 137 Å². The van der Waals surface area contributed by atoms with Crippen LogP contribution >= 0.6 is 11.8 Å². The molecule has 1 aromatic carbocycles. The molecule has 0 radical (unpaired) electrons. The maximum atomic E-state index is 12.5. The zero-order valence-corrected chi connectivity index (χ0v) is 13.4. The Morgan fingerprint density at radius 3 is 2.83 bits per heavy atom. The van der Waals surface area contributed by atoms with Gasteiger partial charge >= 0.3 is 5.97 Å². The van der Waals surface area contributed by atoms with Crippen LogP contribution in [0.2, 0.25) is 0 Å². The smallest absolute Gasteiger partial charge is 0.321 e. The highest BCUT2D eigenvalue weighted by molar-refractivity contribution is 8.00. The van der Waals surface area contributed by atoms with Gasteiger partial charge in [0, 0.05) is 12.2 Å². The highest BCUT2D eigenvalue weighted by Gasteiger charge is 2.41. The second-order valence-corrected chi connectivity index (χ2v) is 6.17. The molecule has 0 aliphatic carbocycles. The summed E-state index contributed by atoms with van der Waals surface area (Å²) in [6.07, 6.45) is 0.0241. The number of thioether (sulfide) groups is 1. The fraction of sp³-hybridized carbons (Fsp3) is 0.400. The van der Waals surface area contributed by atoms with Crippen LogP contribution < -0.4 is 15.4 Å². The average molecular weight is 338 g/mol. The molecule has 1 aliphatic rings. The number of anilines is 1. The van der Waals surface area contributed by atoms with E-state index < -0.39 is 17.3 Å². The van der Waals surface area contributed by atoms with Gasteiger partial charge in [-0.05, 0) is 19.1 Å². The van der Waals surface area contributed by atoms with Crippen molar-refractivity contribution < 1.29 is 24.2 Å². The number of carboxylic acids is 1. The number of carbonyl (C=O) groups is 3. The standard InChI is InChI=1S/C15H18N2O5S/c1-2-22-11-6-4-3-5-10(11)17-13(18)7-12(14(17)19)23-8-9(16)15(20)21/h3-6,9,12H,2,7-8,16H2,1H3,(H,20,21)/t9-,12-/m1/s1. The molecule has 1 saturated heterocycles. The quantitative estimate of drug-likeness (QED) is 0.710. The Balaban J connectivity index is 2.14. The van der Waals surface area contributed by atoms with E-state index in [9.17, 15) is 14.4 Å². The maximum Gasteiger partial charge on any atom is 0.321 e. The third kappa shape index (κ3) is 3.83. The SMILES string of the molecule is CCOc1ccccc1N1C(=O)C[C@@H](SC[C@@H](N)C(=O)O)C1=O. The normalized spacial score (nSPS) is 19.0. The lowest BCUT2D eigenvalue weighted by atomic mass is 10.2. The molecule has 23 heavy (non-hydrogen) atoms. The monoisotopic (exact) mass is 338 g/mol. The molecule has 2 rings (SSSR count). The number of benzene rings is 1. The number of carboxylic acid groups (broad SMARTS) is 1. The molecule has 1 fully saturated rings. The van der Waals surface area contributed by atoms with Crippen molar-refractivity contribution in [3.05, 3.63) is 24.3 Å². The molecule has 1 aromatic rings. The predicted molar refractivity (Wildman–Crippen MR) is 86.6 cm³/mol. The van der Waals surface area contributed by atoms with Gasteiger partial charge < -0.3 is 15.6 Å². The summed E-state index contributed by atoms with van der Waals surface area (Å²) in [5.74, 6) is -1.30. The zero-order chi connectivity index (χ0) is 17.0. The van der Waals surface area contributed by atoms with Crippen molar-refractivity contribution in [1.29, 1.82) is 0 Å². The van der Waals surface area contributed by atoms with Gasteiger partial charge in [-0.15, -0.1) is 11.8 Å². The van der Waals surface area contributed by atoms with Gasteiger partial charge in [0.15, 0.2) is 0 Å². The minimum absolute atomic E-state index is 0.0241. The van der Waals surface area contributed by atoms with Crippen LogP contribution in [-0.4, -0.2) is 46.5 Å². The van der Waals surface area contributed by atoms with Crippen molar-refractivity contribution >= 4 is 35.2 Å². The van der Waals surface area contributed by atoms with Crippen molar-refractivity contribution in [2.45, 2.75) is 24.6 Å². The summed E-state index contributed by atoms with van der Waals surface area (Å²) < 4.78 is 5.46. The number of ether oxygens (including phenoxy) is 1. The van der Waals surface area contributed by atoms with Crippen LogP contribution in [0.15, 0.2) is 24.3 Å². The van der Waals surface area contributed by atoms with Gasteiger partial charge in [-0.2, -0.15) is 0 Å². The summed E-state index contributed by atoms with van der Waals surface area (Å²) in [7, 11) is 0. The Morgan fingerprint density at radius 1 is 1.48 bits per heavy atom. The summed E-state index contributed by atoms with van der Waals surface area (Å²) in [4.78, 5) is 36.6.